The van der Waals surface area contributed by atoms with Gasteiger partial charge in [0.1, 0.15) is 0 Å². The van der Waals surface area contributed by atoms with E-state index in [2.05, 4.69) is 16.0 Å². The van der Waals surface area contributed by atoms with E-state index in [1.807, 2.05) is 46.4 Å². The minimum atomic E-state index is 0.639. The fourth-order valence-corrected chi connectivity index (χ4v) is 2.82. The molecule has 0 aliphatic rings. The van der Waals surface area contributed by atoms with Gasteiger partial charge in [0.25, 0.3) is 0 Å². The lowest BCUT2D eigenvalue weighted by atomic mass is 10.1. The van der Waals surface area contributed by atoms with Gasteiger partial charge in [-0.15, -0.1) is 0 Å². The standard InChI is InChI=1S/C16H12N4S/c1-18-16-19-15(13-9-7-12(11-17)8-10-13)20(21-16)14-5-3-2-4-6-14/h2-10H,1H3. The zero-order valence-electron chi connectivity index (χ0n) is 11.4. The van der Waals surface area contributed by atoms with E-state index >= 15 is 0 Å². The van der Waals surface area contributed by atoms with Crippen molar-refractivity contribution >= 4 is 11.5 Å². The highest BCUT2D eigenvalue weighted by atomic mass is 32.1. The molecule has 102 valence electrons. The second kappa shape index (κ2) is 5.73. The smallest absolute Gasteiger partial charge is 0.222 e. The van der Waals surface area contributed by atoms with Crippen LogP contribution in [0.1, 0.15) is 5.56 Å². The van der Waals surface area contributed by atoms with Crippen molar-refractivity contribution < 1.29 is 0 Å². The van der Waals surface area contributed by atoms with E-state index in [1.165, 1.54) is 11.5 Å². The van der Waals surface area contributed by atoms with E-state index in [1.54, 1.807) is 19.2 Å². The highest BCUT2D eigenvalue weighted by Gasteiger charge is 2.10. The summed E-state index contributed by atoms with van der Waals surface area (Å²) in [5, 5.41) is 8.89. The van der Waals surface area contributed by atoms with Gasteiger partial charge in [0.15, 0.2) is 5.82 Å². The Balaban J connectivity index is 2.18. The van der Waals surface area contributed by atoms with E-state index in [0.717, 1.165) is 21.9 Å². The molecule has 3 aromatic rings. The van der Waals surface area contributed by atoms with Gasteiger partial charge in [-0.1, -0.05) is 18.2 Å². The maximum absolute atomic E-state index is 8.89. The Morgan fingerprint density at radius 1 is 1.10 bits per heavy atom. The second-order valence-corrected chi connectivity index (χ2v) is 5.26. The molecule has 1 aromatic heterocycles. The number of para-hydroxylation sites is 1. The fraction of sp³-hybridized carbons (Fsp3) is 0.0625. The second-order valence-electron chi connectivity index (χ2n) is 4.35. The van der Waals surface area contributed by atoms with Crippen LogP contribution >= 0.6 is 11.5 Å². The zero-order chi connectivity index (χ0) is 14.7. The third kappa shape index (κ3) is 2.62. The first-order valence-corrected chi connectivity index (χ1v) is 7.18. The van der Waals surface area contributed by atoms with E-state index in [0.29, 0.717) is 5.56 Å². The van der Waals surface area contributed by atoms with Crippen molar-refractivity contribution in [3.05, 3.63) is 65.0 Å². The third-order valence-corrected chi connectivity index (χ3v) is 4.02. The summed E-state index contributed by atoms with van der Waals surface area (Å²) in [7, 11) is 1.73. The summed E-state index contributed by atoms with van der Waals surface area (Å²) < 4.78 is 2.05. The molecule has 0 fully saturated rings. The number of nitriles is 1. The van der Waals surface area contributed by atoms with Gasteiger partial charge in [-0.2, -0.15) is 10.2 Å². The predicted octanol–water partition coefficient (Wildman–Crippen LogP) is 3.00. The number of hydrogen-bond donors (Lipinski definition) is 0. The summed E-state index contributed by atoms with van der Waals surface area (Å²) in [5.74, 6) is 0.830. The van der Waals surface area contributed by atoms with Crippen molar-refractivity contribution in [3.8, 4) is 23.1 Å². The summed E-state index contributed by atoms with van der Waals surface area (Å²) in [6.07, 6.45) is 0. The zero-order valence-corrected chi connectivity index (χ0v) is 12.2. The molecular weight excluding hydrogens is 280 g/mol. The molecule has 1 heterocycles. The van der Waals surface area contributed by atoms with Crippen molar-refractivity contribution in [3.63, 3.8) is 0 Å². The molecule has 0 amide bonds. The van der Waals surface area contributed by atoms with Gasteiger partial charge in [-0.05, 0) is 47.9 Å². The lowest BCUT2D eigenvalue weighted by Crippen LogP contribution is -1.96. The number of rotatable bonds is 2. The summed E-state index contributed by atoms with van der Waals surface area (Å²) in [4.78, 5) is 9.45. The largest absolute Gasteiger partial charge is 0.260 e. The molecule has 0 radical (unpaired) electrons. The lowest BCUT2D eigenvalue weighted by molar-refractivity contribution is 1.12. The van der Waals surface area contributed by atoms with E-state index in [4.69, 9.17) is 5.26 Å². The first-order chi connectivity index (χ1) is 10.3. The summed E-state index contributed by atoms with van der Waals surface area (Å²) >= 11 is 1.49. The molecule has 3 rings (SSSR count). The van der Waals surface area contributed by atoms with Crippen LogP contribution < -0.4 is 4.80 Å². The average molecular weight is 292 g/mol. The normalized spacial score (nSPS) is 11.3. The third-order valence-electron chi connectivity index (χ3n) is 3.02. The van der Waals surface area contributed by atoms with Crippen molar-refractivity contribution in [2.75, 3.05) is 7.05 Å². The van der Waals surface area contributed by atoms with E-state index < -0.39 is 0 Å². The monoisotopic (exact) mass is 292 g/mol. The van der Waals surface area contributed by atoms with Crippen LogP contribution in [0.5, 0.6) is 0 Å². The summed E-state index contributed by atoms with van der Waals surface area (Å²) in [6.45, 7) is 0. The average Bonchev–Trinajstić information content (AvgIpc) is 3.00. The summed E-state index contributed by atoms with van der Waals surface area (Å²) in [5.41, 5.74) is 2.65. The SMILES string of the molecule is CN=c1nc(-c2ccc(C#N)cc2)n(-c2ccccc2)s1. The Hall–Kier alpha value is -2.71. The van der Waals surface area contributed by atoms with Gasteiger partial charge in [-0.3, -0.25) is 4.99 Å². The molecule has 5 heteroatoms. The summed E-state index contributed by atoms with van der Waals surface area (Å²) in [6, 6.07) is 19.6. The van der Waals surface area contributed by atoms with Crippen LogP contribution in [0.2, 0.25) is 0 Å². The van der Waals surface area contributed by atoms with Gasteiger partial charge >= 0.3 is 0 Å². The predicted molar refractivity (Wildman–Crippen MR) is 83.1 cm³/mol. The van der Waals surface area contributed by atoms with Crippen molar-refractivity contribution in [2.24, 2.45) is 4.99 Å². The molecular formula is C16H12N4S. The molecule has 0 spiro atoms. The Kier molecular flexibility index (Phi) is 3.63. The number of aromatic nitrogens is 2. The Labute approximate surface area is 126 Å². The van der Waals surface area contributed by atoms with Crippen molar-refractivity contribution in [1.29, 1.82) is 5.26 Å². The minimum Gasteiger partial charge on any atom is -0.260 e. The van der Waals surface area contributed by atoms with Gasteiger partial charge in [0.05, 0.1) is 17.3 Å². The van der Waals surface area contributed by atoms with Crippen LogP contribution in [-0.4, -0.2) is 16.0 Å². The molecule has 0 aliphatic carbocycles. The van der Waals surface area contributed by atoms with Gasteiger partial charge in [0, 0.05) is 12.6 Å². The molecule has 0 N–H and O–H groups in total. The first-order valence-electron chi connectivity index (χ1n) is 6.41. The minimum absolute atomic E-state index is 0.639. The van der Waals surface area contributed by atoms with Crippen molar-refractivity contribution in [2.45, 2.75) is 0 Å². The molecule has 0 bridgehead atoms. The van der Waals surface area contributed by atoms with Gasteiger partial charge in [-0.25, -0.2) is 3.96 Å². The molecule has 2 aromatic carbocycles. The highest BCUT2D eigenvalue weighted by Crippen LogP contribution is 2.22. The van der Waals surface area contributed by atoms with Gasteiger partial charge < -0.3 is 0 Å². The van der Waals surface area contributed by atoms with Gasteiger partial charge in [0.2, 0.25) is 4.80 Å². The lowest BCUT2D eigenvalue weighted by Gasteiger charge is -2.06. The Bertz CT molecular complexity index is 852. The van der Waals surface area contributed by atoms with Crippen LogP contribution in [0.3, 0.4) is 0 Å². The number of benzene rings is 2. The molecule has 0 unspecified atom stereocenters. The Morgan fingerprint density at radius 2 is 1.81 bits per heavy atom. The Morgan fingerprint density at radius 3 is 2.43 bits per heavy atom. The fourth-order valence-electron chi connectivity index (χ4n) is 1.99. The molecule has 4 nitrogen and oxygen atoms in total. The molecule has 0 aliphatic heterocycles. The highest BCUT2D eigenvalue weighted by molar-refractivity contribution is 7.04. The van der Waals surface area contributed by atoms with E-state index in [9.17, 15) is 0 Å². The molecule has 0 atom stereocenters. The van der Waals surface area contributed by atoms with Crippen molar-refractivity contribution in [1.82, 2.24) is 8.94 Å². The van der Waals surface area contributed by atoms with Crippen LogP contribution in [0.4, 0.5) is 0 Å². The molecule has 21 heavy (non-hydrogen) atoms. The van der Waals surface area contributed by atoms with Crippen LogP contribution in [0, 0.1) is 11.3 Å². The van der Waals surface area contributed by atoms with Crippen LogP contribution in [-0.2, 0) is 0 Å². The topological polar surface area (TPSA) is 54.0 Å². The maximum Gasteiger partial charge on any atom is 0.222 e. The molecule has 0 saturated carbocycles. The maximum atomic E-state index is 8.89. The van der Waals surface area contributed by atoms with Crippen LogP contribution in [0.25, 0.3) is 17.1 Å². The quantitative estimate of drug-likeness (QED) is 0.729. The van der Waals surface area contributed by atoms with E-state index in [-0.39, 0.29) is 0 Å². The molecule has 0 saturated heterocycles. The number of nitrogens with zero attached hydrogens (tertiary/aromatic N) is 4. The first kappa shape index (κ1) is 13.3. The number of hydrogen-bond acceptors (Lipinski definition) is 4. The van der Waals surface area contributed by atoms with Crippen LogP contribution in [0.15, 0.2) is 59.6 Å².